The van der Waals surface area contributed by atoms with Gasteiger partial charge in [0.15, 0.2) is 5.89 Å². The van der Waals surface area contributed by atoms with E-state index in [1.165, 1.54) is 0 Å². The van der Waals surface area contributed by atoms with Crippen LogP contribution in [0.5, 0.6) is 0 Å². The average Bonchev–Trinajstić information content (AvgIpc) is 2.61. The van der Waals surface area contributed by atoms with Gasteiger partial charge in [0, 0.05) is 11.3 Å². The van der Waals surface area contributed by atoms with Gasteiger partial charge in [-0.15, -0.1) is 0 Å². The van der Waals surface area contributed by atoms with Gasteiger partial charge in [0.05, 0.1) is 5.69 Å². The van der Waals surface area contributed by atoms with Crippen molar-refractivity contribution in [2.24, 2.45) is 0 Å². The van der Waals surface area contributed by atoms with Crippen molar-refractivity contribution in [3.8, 4) is 0 Å². The Morgan fingerprint density at radius 2 is 1.88 bits per heavy atom. The van der Waals surface area contributed by atoms with Gasteiger partial charge in [0.1, 0.15) is 5.76 Å². The highest BCUT2D eigenvalue weighted by atomic mass is 16.4. The molecule has 0 radical (unpaired) electrons. The molecule has 2 rings (SSSR count). The van der Waals surface area contributed by atoms with Crippen LogP contribution in [0.25, 0.3) is 0 Å². The van der Waals surface area contributed by atoms with Gasteiger partial charge < -0.3 is 9.73 Å². The molecule has 0 spiro atoms. The number of nitrogens with one attached hydrogen (secondary N) is 1. The Labute approximate surface area is 97.6 Å². The molecule has 16 heavy (non-hydrogen) atoms. The van der Waals surface area contributed by atoms with Gasteiger partial charge in [0.2, 0.25) is 0 Å². The molecule has 2 heterocycles. The third kappa shape index (κ3) is 2.29. The maximum atomic E-state index is 5.84. The number of rotatable bonds is 1. The smallest absolute Gasteiger partial charge is 0.197 e. The second-order valence-electron chi connectivity index (χ2n) is 5.73. The third-order valence-corrected chi connectivity index (χ3v) is 3.21. The Bertz CT molecular complexity index is 356. The lowest BCUT2D eigenvalue weighted by molar-refractivity contribution is 0.366. The van der Waals surface area contributed by atoms with E-state index in [-0.39, 0.29) is 5.41 Å². The van der Waals surface area contributed by atoms with Gasteiger partial charge in [-0.05, 0) is 32.9 Å². The molecule has 1 N–H and O–H groups in total. The van der Waals surface area contributed by atoms with Gasteiger partial charge in [-0.3, -0.25) is 0 Å². The fourth-order valence-corrected chi connectivity index (χ4v) is 2.36. The summed E-state index contributed by atoms with van der Waals surface area (Å²) < 4.78 is 5.84. The maximum Gasteiger partial charge on any atom is 0.197 e. The summed E-state index contributed by atoms with van der Waals surface area (Å²) in [6.45, 7) is 10.7. The molecule has 1 aromatic rings. The quantitative estimate of drug-likeness (QED) is 0.794. The number of nitrogens with zero attached hydrogens (tertiary/aromatic N) is 1. The van der Waals surface area contributed by atoms with Crippen molar-refractivity contribution in [1.29, 1.82) is 0 Å². The molecule has 1 aliphatic heterocycles. The van der Waals surface area contributed by atoms with E-state index in [0.29, 0.717) is 5.92 Å². The van der Waals surface area contributed by atoms with Gasteiger partial charge in [-0.25, -0.2) is 4.98 Å². The zero-order chi connectivity index (χ0) is 11.8. The molecule has 0 amide bonds. The fourth-order valence-electron chi connectivity index (χ4n) is 2.36. The Kier molecular flexibility index (Phi) is 3.06. The minimum Gasteiger partial charge on any atom is -0.445 e. The molecule has 0 unspecified atom stereocenters. The van der Waals surface area contributed by atoms with Crippen LogP contribution in [-0.2, 0) is 5.41 Å². The second-order valence-corrected chi connectivity index (χ2v) is 5.73. The summed E-state index contributed by atoms with van der Waals surface area (Å²) >= 11 is 0. The summed E-state index contributed by atoms with van der Waals surface area (Å²) in [7, 11) is 0. The molecule has 1 fully saturated rings. The molecule has 1 aromatic heterocycles. The van der Waals surface area contributed by atoms with Crippen LogP contribution < -0.4 is 5.32 Å². The normalized spacial score (nSPS) is 19.0. The Morgan fingerprint density at radius 1 is 1.25 bits per heavy atom. The van der Waals surface area contributed by atoms with Crippen molar-refractivity contribution in [1.82, 2.24) is 10.3 Å². The van der Waals surface area contributed by atoms with Crippen LogP contribution in [0.3, 0.4) is 0 Å². The number of hydrogen-bond acceptors (Lipinski definition) is 3. The van der Waals surface area contributed by atoms with Crippen molar-refractivity contribution in [2.45, 2.75) is 51.9 Å². The van der Waals surface area contributed by atoms with Crippen molar-refractivity contribution in [2.75, 3.05) is 13.1 Å². The molecular weight excluding hydrogens is 200 g/mol. The molecule has 3 nitrogen and oxygen atoms in total. The van der Waals surface area contributed by atoms with E-state index in [1.807, 2.05) is 6.92 Å². The second kappa shape index (κ2) is 4.21. The molecule has 0 aromatic carbocycles. The third-order valence-electron chi connectivity index (χ3n) is 3.21. The van der Waals surface area contributed by atoms with Crippen molar-refractivity contribution in [3.05, 3.63) is 17.3 Å². The molecule has 0 bridgehead atoms. The van der Waals surface area contributed by atoms with E-state index >= 15 is 0 Å². The number of aryl methyl sites for hydroxylation is 1. The lowest BCUT2D eigenvalue weighted by Gasteiger charge is -2.19. The number of piperidine rings is 1. The maximum absolute atomic E-state index is 5.84. The molecule has 0 atom stereocenters. The monoisotopic (exact) mass is 222 g/mol. The summed E-state index contributed by atoms with van der Waals surface area (Å²) in [6, 6.07) is 0. The predicted molar refractivity (Wildman–Crippen MR) is 64.8 cm³/mol. The van der Waals surface area contributed by atoms with Crippen LogP contribution in [0.15, 0.2) is 4.42 Å². The first kappa shape index (κ1) is 11.6. The van der Waals surface area contributed by atoms with Crippen LogP contribution in [0.4, 0.5) is 0 Å². The lowest BCUT2D eigenvalue weighted by Crippen LogP contribution is -2.26. The minimum absolute atomic E-state index is 0.0821. The first-order chi connectivity index (χ1) is 7.48. The van der Waals surface area contributed by atoms with Gasteiger partial charge in [0.25, 0.3) is 0 Å². The zero-order valence-corrected chi connectivity index (χ0v) is 10.8. The molecule has 1 aliphatic rings. The first-order valence-corrected chi connectivity index (χ1v) is 6.17. The highest BCUT2D eigenvalue weighted by Crippen LogP contribution is 2.31. The molecule has 90 valence electrons. The molecular formula is C13H22N2O. The zero-order valence-electron chi connectivity index (χ0n) is 10.8. The summed E-state index contributed by atoms with van der Waals surface area (Å²) in [6.07, 6.45) is 2.28. The van der Waals surface area contributed by atoms with E-state index < -0.39 is 0 Å². The van der Waals surface area contributed by atoms with E-state index in [2.05, 4.69) is 26.1 Å². The van der Waals surface area contributed by atoms with E-state index in [0.717, 1.165) is 43.3 Å². The van der Waals surface area contributed by atoms with Crippen LogP contribution in [-0.4, -0.2) is 18.1 Å². The fraction of sp³-hybridized carbons (Fsp3) is 0.769. The molecule has 1 saturated heterocycles. The number of aromatic nitrogens is 1. The van der Waals surface area contributed by atoms with Crippen LogP contribution in [0.1, 0.15) is 56.9 Å². The largest absolute Gasteiger partial charge is 0.445 e. The van der Waals surface area contributed by atoms with Gasteiger partial charge in [-0.2, -0.15) is 0 Å². The van der Waals surface area contributed by atoms with E-state index in [1.54, 1.807) is 0 Å². The first-order valence-electron chi connectivity index (χ1n) is 6.17. The van der Waals surface area contributed by atoms with Crippen molar-refractivity contribution >= 4 is 0 Å². The Hall–Kier alpha value is -0.830. The van der Waals surface area contributed by atoms with Gasteiger partial charge >= 0.3 is 0 Å². The number of oxazole rings is 1. The van der Waals surface area contributed by atoms with Crippen LogP contribution in [0.2, 0.25) is 0 Å². The predicted octanol–water partition coefficient (Wildman–Crippen LogP) is 2.75. The van der Waals surface area contributed by atoms with E-state index in [9.17, 15) is 0 Å². The summed E-state index contributed by atoms with van der Waals surface area (Å²) in [4.78, 5) is 4.71. The van der Waals surface area contributed by atoms with Crippen molar-refractivity contribution < 1.29 is 4.42 Å². The standard InChI is InChI=1S/C13H22N2O/c1-9-11(13(2,3)4)15-12(16-9)10-5-7-14-8-6-10/h10,14H,5-8H2,1-4H3. The van der Waals surface area contributed by atoms with Gasteiger partial charge in [-0.1, -0.05) is 20.8 Å². The van der Waals surface area contributed by atoms with Crippen LogP contribution >= 0.6 is 0 Å². The topological polar surface area (TPSA) is 38.1 Å². The van der Waals surface area contributed by atoms with Crippen molar-refractivity contribution in [3.63, 3.8) is 0 Å². The van der Waals surface area contributed by atoms with Crippen LogP contribution in [0, 0.1) is 6.92 Å². The molecule has 3 heteroatoms. The van der Waals surface area contributed by atoms with E-state index in [4.69, 9.17) is 9.40 Å². The Balaban J connectivity index is 2.23. The summed E-state index contributed by atoms with van der Waals surface area (Å²) in [5.41, 5.74) is 1.19. The highest BCUT2D eigenvalue weighted by Gasteiger charge is 2.26. The molecule has 0 aliphatic carbocycles. The summed E-state index contributed by atoms with van der Waals surface area (Å²) in [5.74, 6) is 2.45. The number of hydrogen-bond donors (Lipinski definition) is 1. The Morgan fingerprint density at radius 3 is 2.38 bits per heavy atom. The molecule has 0 saturated carbocycles. The highest BCUT2D eigenvalue weighted by molar-refractivity contribution is 5.18. The lowest BCUT2D eigenvalue weighted by atomic mass is 9.91. The minimum atomic E-state index is 0.0821. The SMILES string of the molecule is Cc1oc(C2CCNCC2)nc1C(C)(C)C. The average molecular weight is 222 g/mol. The summed E-state index contributed by atoms with van der Waals surface area (Å²) in [5, 5.41) is 3.37.